The number of urea groups is 1. The predicted molar refractivity (Wildman–Crippen MR) is 94.6 cm³/mol. The van der Waals surface area contributed by atoms with Crippen molar-refractivity contribution < 1.29 is 31.1 Å². The second-order valence-electron chi connectivity index (χ2n) is 6.09. The van der Waals surface area contributed by atoms with Gasteiger partial charge >= 0.3 is 18.4 Å². The maximum absolute atomic E-state index is 12.6. The molecule has 154 valence electrons. The number of carbonyl (C=O) groups is 1. The van der Waals surface area contributed by atoms with Gasteiger partial charge in [-0.1, -0.05) is 30.0 Å². The Balaban J connectivity index is 1.88. The molecule has 0 unspecified atom stereocenters. The van der Waals surface area contributed by atoms with E-state index in [1.165, 1.54) is 36.2 Å². The van der Waals surface area contributed by atoms with Crippen LogP contribution in [-0.2, 0) is 18.9 Å². The number of carbonyl (C=O) groups excluding carboxylic acids is 1. The minimum Gasteiger partial charge on any atom is -0.327 e. The highest BCUT2D eigenvalue weighted by Gasteiger charge is 2.30. The highest BCUT2D eigenvalue weighted by atomic mass is 19.4. The molecule has 29 heavy (non-hydrogen) atoms. The molecule has 0 heterocycles. The number of rotatable bonds is 3. The maximum atomic E-state index is 12.6. The molecule has 3 nitrogen and oxygen atoms in total. The first-order chi connectivity index (χ1) is 13.5. The van der Waals surface area contributed by atoms with Crippen molar-refractivity contribution in [3.05, 3.63) is 70.8 Å². The van der Waals surface area contributed by atoms with Crippen LogP contribution < -0.4 is 5.32 Å². The number of hydrogen-bond acceptors (Lipinski definition) is 1. The van der Waals surface area contributed by atoms with E-state index < -0.39 is 29.5 Å². The van der Waals surface area contributed by atoms with Gasteiger partial charge in [0.1, 0.15) is 0 Å². The highest BCUT2D eigenvalue weighted by Crippen LogP contribution is 2.30. The van der Waals surface area contributed by atoms with Gasteiger partial charge in [0.05, 0.1) is 17.7 Å². The first-order valence-corrected chi connectivity index (χ1v) is 8.28. The Labute approximate surface area is 163 Å². The number of halogens is 6. The second-order valence-corrected chi connectivity index (χ2v) is 6.09. The van der Waals surface area contributed by atoms with Crippen LogP contribution in [0.4, 0.5) is 31.1 Å². The van der Waals surface area contributed by atoms with Crippen molar-refractivity contribution in [1.82, 2.24) is 10.2 Å². The summed E-state index contributed by atoms with van der Waals surface area (Å²) >= 11 is 0. The standard InChI is InChI=1S/C20H16F6N2O/c1-28(13-15-7-9-16(10-8-15)19(21,22)23)18(29)27-11-3-5-14-4-2-6-17(12-14)20(24,25)26/h2,4,6-10,12H,11,13H2,1H3,(H,27,29). The number of hydrogen-bond donors (Lipinski definition) is 1. The molecule has 0 bridgehead atoms. The van der Waals surface area contributed by atoms with Gasteiger partial charge in [-0.15, -0.1) is 0 Å². The Kier molecular flexibility index (Phi) is 6.80. The third kappa shape index (κ3) is 6.75. The molecule has 0 saturated heterocycles. The smallest absolute Gasteiger partial charge is 0.327 e. The minimum atomic E-state index is -4.47. The molecule has 0 spiro atoms. The number of alkyl halides is 6. The largest absolute Gasteiger partial charge is 0.416 e. The van der Waals surface area contributed by atoms with Gasteiger partial charge in [0.25, 0.3) is 0 Å². The summed E-state index contributed by atoms with van der Waals surface area (Å²) in [7, 11) is 1.45. The molecule has 9 heteroatoms. The zero-order chi connectivity index (χ0) is 21.7. The molecule has 0 radical (unpaired) electrons. The molecule has 2 aromatic rings. The van der Waals surface area contributed by atoms with Gasteiger partial charge in [-0.25, -0.2) is 4.79 Å². The van der Waals surface area contributed by atoms with Crippen molar-refractivity contribution in [3.63, 3.8) is 0 Å². The summed E-state index contributed by atoms with van der Waals surface area (Å²) in [6, 6.07) is 8.39. The average Bonchev–Trinajstić information content (AvgIpc) is 2.64. The second kappa shape index (κ2) is 8.90. The maximum Gasteiger partial charge on any atom is 0.416 e. The van der Waals surface area contributed by atoms with Gasteiger partial charge in [0, 0.05) is 19.2 Å². The summed E-state index contributed by atoms with van der Waals surface area (Å²) in [5.74, 6) is 5.08. The Morgan fingerprint density at radius 2 is 1.59 bits per heavy atom. The molecule has 2 amide bonds. The molecule has 0 aliphatic carbocycles. The van der Waals surface area contributed by atoms with E-state index in [0.29, 0.717) is 5.56 Å². The third-order valence-electron chi connectivity index (χ3n) is 3.80. The van der Waals surface area contributed by atoms with Gasteiger partial charge in [0.2, 0.25) is 0 Å². The fourth-order valence-corrected chi connectivity index (χ4v) is 2.32. The average molecular weight is 414 g/mol. The van der Waals surface area contributed by atoms with Gasteiger partial charge in [-0.05, 0) is 35.9 Å². The number of amides is 2. The van der Waals surface area contributed by atoms with Gasteiger partial charge < -0.3 is 10.2 Å². The Morgan fingerprint density at radius 1 is 0.966 bits per heavy atom. The van der Waals surface area contributed by atoms with Crippen LogP contribution in [0, 0.1) is 11.8 Å². The van der Waals surface area contributed by atoms with Crippen LogP contribution >= 0.6 is 0 Å². The van der Waals surface area contributed by atoms with Crippen LogP contribution in [-0.4, -0.2) is 24.5 Å². The highest BCUT2D eigenvalue weighted by molar-refractivity contribution is 5.74. The SMILES string of the molecule is CN(Cc1ccc(C(F)(F)F)cc1)C(=O)NCC#Cc1cccc(C(F)(F)F)c1. The van der Waals surface area contributed by atoms with Crippen molar-refractivity contribution in [2.24, 2.45) is 0 Å². The monoisotopic (exact) mass is 414 g/mol. The van der Waals surface area contributed by atoms with E-state index >= 15 is 0 Å². The summed E-state index contributed by atoms with van der Waals surface area (Å²) in [4.78, 5) is 13.2. The van der Waals surface area contributed by atoms with Gasteiger partial charge in [-0.2, -0.15) is 26.3 Å². The Bertz CT molecular complexity index is 908. The third-order valence-corrected chi connectivity index (χ3v) is 3.80. The lowest BCUT2D eigenvalue weighted by molar-refractivity contribution is -0.138. The molecule has 0 atom stereocenters. The van der Waals surface area contributed by atoms with E-state index in [0.717, 1.165) is 24.3 Å². The Morgan fingerprint density at radius 3 is 2.17 bits per heavy atom. The fraction of sp³-hybridized carbons (Fsp3) is 0.250. The topological polar surface area (TPSA) is 32.3 Å². The van der Waals surface area contributed by atoms with Crippen molar-refractivity contribution in [2.45, 2.75) is 18.9 Å². The van der Waals surface area contributed by atoms with Gasteiger partial charge in [-0.3, -0.25) is 0 Å². The van der Waals surface area contributed by atoms with Crippen LogP contribution in [0.3, 0.4) is 0 Å². The van der Waals surface area contributed by atoms with E-state index in [-0.39, 0.29) is 18.7 Å². The fourth-order valence-electron chi connectivity index (χ4n) is 2.32. The van der Waals surface area contributed by atoms with Crippen LogP contribution in [0.15, 0.2) is 48.5 Å². The van der Waals surface area contributed by atoms with E-state index in [2.05, 4.69) is 17.2 Å². The molecule has 0 aliphatic rings. The number of nitrogens with zero attached hydrogens (tertiary/aromatic N) is 1. The normalized spacial score (nSPS) is 11.4. The minimum absolute atomic E-state index is 0.0744. The number of nitrogens with one attached hydrogen (secondary N) is 1. The molecular weight excluding hydrogens is 398 g/mol. The van der Waals surface area contributed by atoms with Crippen LogP contribution in [0.25, 0.3) is 0 Å². The summed E-state index contributed by atoms with van der Waals surface area (Å²) in [6.45, 7) is -0.0303. The Hall–Kier alpha value is -3.15. The first-order valence-electron chi connectivity index (χ1n) is 8.28. The molecule has 2 rings (SSSR count). The predicted octanol–water partition coefficient (Wildman–Crippen LogP) is 4.92. The van der Waals surface area contributed by atoms with E-state index in [9.17, 15) is 31.1 Å². The molecule has 0 aliphatic heterocycles. The molecule has 0 aromatic heterocycles. The first kappa shape index (κ1) is 22.1. The lowest BCUT2D eigenvalue weighted by Gasteiger charge is -2.17. The van der Waals surface area contributed by atoms with E-state index in [1.54, 1.807) is 0 Å². The van der Waals surface area contributed by atoms with Crippen LogP contribution in [0.1, 0.15) is 22.3 Å². The molecule has 0 saturated carbocycles. The van der Waals surface area contributed by atoms with E-state index in [1.807, 2.05) is 0 Å². The molecule has 2 aromatic carbocycles. The van der Waals surface area contributed by atoms with Gasteiger partial charge in [0.15, 0.2) is 0 Å². The van der Waals surface area contributed by atoms with Crippen molar-refractivity contribution in [2.75, 3.05) is 13.6 Å². The zero-order valence-corrected chi connectivity index (χ0v) is 15.2. The summed E-state index contributed by atoms with van der Waals surface area (Å²) < 4.78 is 75.6. The molecular formula is C20H16F6N2O. The van der Waals surface area contributed by atoms with Crippen molar-refractivity contribution >= 4 is 6.03 Å². The lowest BCUT2D eigenvalue weighted by Crippen LogP contribution is -2.36. The molecule has 0 fully saturated rings. The zero-order valence-electron chi connectivity index (χ0n) is 15.2. The quantitative estimate of drug-likeness (QED) is 0.562. The van der Waals surface area contributed by atoms with Crippen LogP contribution in [0.5, 0.6) is 0 Å². The van der Waals surface area contributed by atoms with Crippen LogP contribution in [0.2, 0.25) is 0 Å². The molecule has 1 N–H and O–H groups in total. The number of benzene rings is 2. The van der Waals surface area contributed by atoms with Crippen molar-refractivity contribution in [1.29, 1.82) is 0 Å². The summed E-state index contributed by atoms with van der Waals surface area (Å²) in [6.07, 6.45) is -8.90. The van der Waals surface area contributed by atoms with Crippen molar-refractivity contribution in [3.8, 4) is 11.8 Å². The summed E-state index contributed by atoms with van der Waals surface area (Å²) in [5.41, 5.74) is -0.930. The lowest BCUT2D eigenvalue weighted by atomic mass is 10.1. The summed E-state index contributed by atoms with van der Waals surface area (Å²) in [5, 5.41) is 2.46. The van der Waals surface area contributed by atoms with E-state index in [4.69, 9.17) is 0 Å².